The molecule has 0 aromatic rings. The third-order valence-electron chi connectivity index (χ3n) is 19.7. The Morgan fingerprint density at radius 2 is 0.663 bits per heavy atom. The lowest BCUT2D eigenvalue weighted by molar-refractivity contribution is -0.379. The molecule has 0 radical (unpaired) electrons. The van der Waals surface area contributed by atoms with Gasteiger partial charge in [0.15, 0.2) is 18.9 Å². The van der Waals surface area contributed by atoms with Gasteiger partial charge in [-0.2, -0.15) is 0 Å². The first-order chi connectivity index (χ1) is 46.3. The molecular formula is C76H143NO18. The van der Waals surface area contributed by atoms with Gasteiger partial charge in [0.1, 0.15) is 73.2 Å². The highest BCUT2D eigenvalue weighted by atomic mass is 16.8. The molecule has 3 fully saturated rings. The van der Waals surface area contributed by atoms with E-state index >= 15 is 0 Å². The molecule has 0 bridgehead atoms. The Labute approximate surface area is 575 Å². The molecule has 3 rings (SSSR count). The fraction of sp³-hybridized carbons (Fsp3) is 0.934. The van der Waals surface area contributed by atoms with Crippen molar-refractivity contribution >= 4 is 5.91 Å². The van der Waals surface area contributed by atoms with E-state index in [1.807, 2.05) is 6.08 Å². The first-order valence-corrected chi connectivity index (χ1v) is 39.1. The van der Waals surface area contributed by atoms with E-state index in [-0.39, 0.29) is 18.9 Å². The van der Waals surface area contributed by atoms with Crippen LogP contribution < -0.4 is 5.32 Å². The number of aliphatic hydroxyl groups is 11. The molecule has 3 heterocycles. The molecule has 19 heteroatoms. The first kappa shape index (κ1) is 87.5. The van der Waals surface area contributed by atoms with Gasteiger partial charge in [0.25, 0.3) is 0 Å². The van der Waals surface area contributed by atoms with Crippen molar-refractivity contribution in [1.82, 2.24) is 5.32 Å². The zero-order valence-electron chi connectivity index (χ0n) is 59.7. The summed E-state index contributed by atoms with van der Waals surface area (Å²) in [6, 6.07) is -0.974. The van der Waals surface area contributed by atoms with Crippen LogP contribution in [0.5, 0.6) is 0 Å². The van der Waals surface area contributed by atoms with Crippen molar-refractivity contribution in [3.05, 3.63) is 24.3 Å². The molecule has 3 aliphatic heterocycles. The topological polar surface area (TPSA) is 307 Å². The molecule has 17 atom stereocenters. The van der Waals surface area contributed by atoms with Crippen LogP contribution >= 0.6 is 0 Å². The van der Waals surface area contributed by atoms with Gasteiger partial charge < -0.3 is 89.9 Å². The number of unbranched alkanes of at least 4 members (excludes halogenated alkanes) is 44. The summed E-state index contributed by atoms with van der Waals surface area (Å²) in [6.07, 6.45) is 41.6. The van der Waals surface area contributed by atoms with Gasteiger partial charge in [0.05, 0.1) is 38.6 Å². The number of allylic oxidation sites excluding steroid dienone is 3. The van der Waals surface area contributed by atoms with E-state index in [9.17, 15) is 61.0 Å². The van der Waals surface area contributed by atoms with Crippen LogP contribution in [-0.4, -0.2) is 193 Å². The zero-order chi connectivity index (χ0) is 68.9. The molecular weight excluding hydrogens is 1210 g/mol. The predicted molar refractivity (Wildman–Crippen MR) is 374 cm³/mol. The number of nitrogens with one attached hydrogen (secondary N) is 1. The van der Waals surface area contributed by atoms with Crippen LogP contribution in [0.3, 0.4) is 0 Å². The number of hydrogen-bond donors (Lipinski definition) is 12. The average Bonchev–Trinajstić information content (AvgIpc) is 0.787. The Morgan fingerprint density at radius 1 is 0.368 bits per heavy atom. The van der Waals surface area contributed by atoms with E-state index in [0.717, 1.165) is 51.4 Å². The summed E-state index contributed by atoms with van der Waals surface area (Å²) in [7, 11) is 0. The van der Waals surface area contributed by atoms with E-state index in [1.54, 1.807) is 6.08 Å². The third kappa shape index (κ3) is 38.8. The lowest BCUT2D eigenvalue weighted by Gasteiger charge is -2.48. The molecule has 0 aliphatic carbocycles. The molecule has 0 spiro atoms. The number of hydrogen-bond acceptors (Lipinski definition) is 18. The summed E-state index contributed by atoms with van der Waals surface area (Å²) in [5.41, 5.74) is 0. The van der Waals surface area contributed by atoms with Gasteiger partial charge in [0, 0.05) is 6.42 Å². The maximum atomic E-state index is 13.4. The van der Waals surface area contributed by atoms with E-state index < -0.39 is 124 Å². The SMILES string of the molecule is CCCCCCCCCC/C=C\CCCCCCCCCCCC(=O)NC(COC1OC(CO)C(OC2OC(CO)C(OC3OC(CO)C(O)C(O)C3O)C(O)C2O)C(O)C1O)C(O)/C=C/CCCCCCCCCCCCCCCCCCCCCCCCCCCCC. The molecule has 0 aromatic heterocycles. The standard InChI is InChI=1S/C76H143NO18/c1-3-5-7-9-11-13-15-17-19-21-23-25-26-27-28-29-30-31-32-34-35-37-39-41-43-45-47-49-51-53-60(81)59(77-64(82)54-52-50-48-46-44-42-40-38-36-33-24-22-20-18-16-14-12-10-8-6-4-2)58-90-74-70(88)67(85)72(62(56-79)92-74)95-76-71(89)68(86)73(63(57-80)93-76)94-75-69(87)66(84)65(83)61(55-78)91-75/h22,24,51,53,59-63,65-76,78-81,83-89H,3-21,23,25-50,52,54-58H2,1-2H3,(H,77,82)/b24-22-,53-51+. The van der Waals surface area contributed by atoms with E-state index in [0.29, 0.717) is 6.42 Å². The van der Waals surface area contributed by atoms with Crippen LogP contribution in [-0.2, 0) is 33.2 Å². The number of carbonyl (C=O) groups excluding carboxylic acids is 1. The average molecular weight is 1360 g/mol. The van der Waals surface area contributed by atoms with Crippen molar-refractivity contribution in [2.75, 3.05) is 26.4 Å². The van der Waals surface area contributed by atoms with Crippen molar-refractivity contribution in [2.45, 2.75) is 426 Å². The molecule has 0 aromatic carbocycles. The number of aliphatic hydroxyl groups excluding tert-OH is 11. The molecule has 3 saturated heterocycles. The van der Waals surface area contributed by atoms with Crippen LogP contribution in [0, 0.1) is 0 Å². The van der Waals surface area contributed by atoms with Crippen molar-refractivity contribution < 1.29 is 89.4 Å². The highest BCUT2D eigenvalue weighted by Gasteiger charge is 2.53. The largest absolute Gasteiger partial charge is 0.394 e. The second-order valence-electron chi connectivity index (χ2n) is 28.2. The van der Waals surface area contributed by atoms with Gasteiger partial charge in [-0.1, -0.05) is 295 Å². The lowest BCUT2D eigenvalue weighted by Crippen LogP contribution is -2.66. The summed E-state index contributed by atoms with van der Waals surface area (Å²) in [6.45, 7) is 1.78. The number of ether oxygens (including phenoxy) is 6. The summed E-state index contributed by atoms with van der Waals surface area (Å²) in [4.78, 5) is 13.4. The van der Waals surface area contributed by atoms with E-state index in [1.165, 1.54) is 244 Å². The van der Waals surface area contributed by atoms with Crippen LogP contribution in [0.1, 0.15) is 322 Å². The van der Waals surface area contributed by atoms with Gasteiger partial charge in [-0.15, -0.1) is 0 Å². The Bertz CT molecular complexity index is 1810. The molecule has 1 amide bonds. The highest BCUT2D eigenvalue weighted by Crippen LogP contribution is 2.33. The number of rotatable bonds is 62. The van der Waals surface area contributed by atoms with Gasteiger partial charge >= 0.3 is 0 Å². The lowest BCUT2D eigenvalue weighted by atomic mass is 9.96. The molecule has 95 heavy (non-hydrogen) atoms. The summed E-state index contributed by atoms with van der Waals surface area (Å²) in [5.74, 6) is -0.273. The van der Waals surface area contributed by atoms with Crippen molar-refractivity contribution in [3.63, 3.8) is 0 Å². The minimum Gasteiger partial charge on any atom is -0.394 e. The summed E-state index contributed by atoms with van der Waals surface area (Å²) in [5, 5.41) is 121. The fourth-order valence-corrected chi connectivity index (χ4v) is 13.4. The Balaban J connectivity index is 1.39. The Kier molecular flexibility index (Phi) is 53.3. The molecule has 19 nitrogen and oxygen atoms in total. The second-order valence-corrected chi connectivity index (χ2v) is 28.2. The summed E-state index contributed by atoms with van der Waals surface area (Å²) >= 11 is 0. The normalized spacial score (nSPS) is 27.3. The quantitative estimate of drug-likeness (QED) is 0.0199. The van der Waals surface area contributed by atoms with Gasteiger partial charge in [-0.25, -0.2) is 0 Å². The number of carbonyl (C=O) groups is 1. The van der Waals surface area contributed by atoms with Crippen LogP contribution in [0.15, 0.2) is 24.3 Å². The molecule has 560 valence electrons. The Morgan fingerprint density at radius 3 is 1.02 bits per heavy atom. The van der Waals surface area contributed by atoms with E-state index in [4.69, 9.17) is 28.4 Å². The molecule has 12 N–H and O–H groups in total. The predicted octanol–water partition coefficient (Wildman–Crippen LogP) is 12.2. The number of amides is 1. The minimum atomic E-state index is -1.98. The van der Waals surface area contributed by atoms with Crippen molar-refractivity contribution in [1.29, 1.82) is 0 Å². The van der Waals surface area contributed by atoms with E-state index in [2.05, 4.69) is 31.3 Å². The van der Waals surface area contributed by atoms with Crippen LogP contribution in [0.25, 0.3) is 0 Å². The third-order valence-corrected chi connectivity index (χ3v) is 19.7. The first-order valence-electron chi connectivity index (χ1n) is 39.1. The minimum absolute atomic E-state index is 0.244. The maximum Gasteiger partial charge on any atom is 0.220 e. The van der Waals surface area contributed by atoms with Gasteiger partial charge in [-0.05, 0) is 44.9 Å². The molecule has 3 aliphatic rings. The van der Waals surface area contributed by atoms with Gasteiger partial charge in [-0.3, -0.25) is 4.79 Å². The maximum absolute atomic E-state index is 13.4. The van der Waals surface area contributed by atoms with Crippen molar-refractivity contribution in [3.8, 4) is 0 Å². The summed E-state index contributed by atoms with van der Waals surface area (Å²) < 4.78 is 34.4. The van der Waals surface area contributed by atoms with Crippen LogP contribution in [0.4, 0.5) is 0 Å². The molecule has 0 saturated carbocycles. The van der Waals surface area contributed by atoms with Crippen LogP contribution in [0.2, 0.25) is 0 Å². The Hall–Kier alpha value is -1.73. The fourth-order valence-electron chi connectivity index (χ4n) is 13.4. The monoisotopic (exact) mass is 1360 g/mol. The second kappa shape index (κ2) is 57.8. The van der Waals surface area contributed by atoms with Gasteiger partial charge in [0.2, 0.25) is 5.91 Å². The smallest absolute Gasteiger partial charge is 0.220 e. The zero-order valence-corrected chi connectivity index (χ0v) is 59.7. The highest BCUT2D eigenvalue weighted by molar-refractivity contribution is 5.76. The molecule has 17 unspecified atom stereocenters. The van der Waals surface area contributed by atoms with Crippen molar-refractivity contribution in [2.24, 2.45) is 0 Å².